The fraction of sp³-hybridized carbons (Fsp3) is 0.533. The number of aliphatic hydroxyl groups is 1. The van der Waals surface area contributed by atoms with Crippen LogP contribution >= 0.6 is 0 Å². The third kappa shape index (κ3) is 5.85. The predicted molar refractivity (Wildman–Crippen MR) is 74.4 cm³/mol. The number of carbonyl (C=O) groups is 1. The van der Waals surface area contributed by atoms with E-state index < -0.39 is 12.1 Å². The van der Waals surface area contributed by atoms with E-state index in [4.69, 9.17) is 10.5 Å². The Bertz CT molecular complexity index is 367. The molecule has 0 aliphatic carbocycles. The van der Waals surface area contributed by atoms with E-state index in [1.165, 1.54) is 0 Å². The molecule has 2 atom stereocenters. The number of hydrogen-bond donors (Lipinski definition) is 2. The van der Waals surface area contributed by atoms with Crippen LogP contribution < -0.4 is 5.73 Å². The Morgan fingerprint density at radius 3 is 2.63 bits per heavy atom. The van der Waals surface area contributed by atoms with Crippen molar-refractivity contribution in [2.45, 2.75) is 32.3 Å². The third-order valence-electron chi connectivity index (χ3n) is 3.00. The molecule has 0 radical (unpaired) electrons. The van der Waals surface area contributed by atoms with Crippen LogP contribution in [0, 0.1) is 5.92 Å². The maximum atomic E-state index is 11.7. The first-order chi connectivity index (χ1) is 9.15. The van der Waals surface area contributed by atoms with Crippen LogP contribution in [-0.2, 0) is 9.53 Å². The van der Waals surface area contributed by atoms with E-state index in [1.807, 2.05) is 13.0 Å². The zero-order chi connectivity index (χ0) is 14.1. The van der Waals surface area contributed by atoms with Crippen LogP contribution in [0.4, 0.5) is 0 Å². The molecule has 0 saturated carbocycles. The molecule has 0 unspecified atom stereocenters. The van der Waals surface area contributed by atoms with Gasteiger partial charge in [-0.1, -0.05) is 43.7 Å². The van der Waals surface area contributed by atoms with Gasteiger partial charge < -0.3 is 15.6 Å². The average Bonchev–Trinajstić information content (AvgIpc) is 2.45. The molecule has 4 heteroatoms. The van der Waals surface area contributed by atoms with E-state index in [0.29, 0.717) is 24.6 Å². The number of ether oxygens (including phenoxy) is 1. The van der Waals surface area contributed by atoms with Gasteiger partial charge in [-0.3, -0.25) is 0 Å². The first-order valence-electron chi connectivity index (χ1n) is 6.75. The van der Waals surface area contributed by atoms with Gasteiger partial charge in [0.15, 0.2) is 6.10 Å². The van der Waals surface area contributed by atoms with Crippen LogP contribution in [0.15, 0.2) is 30.3 Å². The lowest BCUT2D eigenvalue weighted by atomic mass is 10.1. The zero-order valence-corrected chi connectivity index (χ0v) is 11.4. The number of benzene rings is 1. The molecule has 1 rings (SSSR count). The molecular weight excluding hydrogens is 242 g/mol. The van der Waals surface area contributed by atoms with Crippen molar-refractivity contribution in [3.63, 3.8) is 0 Å². The molecule has 0 bridgehead atoms. The van der Waals surface area contributed by atoms with Crippen molar-refractivity contribution in [1.82, 2.24) is 0 Å². The minimum Gasteiger partial charge on any atom is -0.463 e. The van der Waals surface area contributed by atoms with Crippen LogP contribution in [0.5, 0.6) is 0 Å². The molecule has 0 aliphatic rings. The minimum absolute atomic E-state index is 0.290. The summed E-state index contributed by atoms with van der Waals surface area (Å²) in [7, 11) is 0. The predicted octanol–water partition coefficient (Wildman–Crippen LogP) is 2.03. The Balaban J connectivity index is 2.31. The van der Waals surface area contributed by atoms with Crippen molar-refractivity contribution in [3.05, 3.63) is 35.9 Å². The van der Waals surface area contributed by atoms with E-state index in [1.54, 1.807) is 24.3 Å². The summed E-state index contributed by atoms with van der Waals surface area (Å²) in [6.07, 6.45) is 1.81. The number of rotatable bonds is 8. The highest BCUT2D eigenvalue weighted by atomic mass is 16.5. The first-order valence-corrected chi connectivity index (χ1v) is 6.75. The number of esters is 1. The molecule has 0 saturated heterocycles. The summed E-state index contributed by atoms with van der Waals surface area (Å²) in [4.78, 5) is 11.7. The van der Waals surface area contributed by atoms with Crippen molar-refractivity contribution in [3.8, 4) is 0 Å². The van der Waals surface area contributed by atoms with Crippen molar-refractivity contribution in [2.75, 3.05) is 13.2 Å². The standard InChI is InChI=1S/C15H23NO3/c1-12(7-5-6-10-16)11-19-15(18)14(17)13-8-3-2-4-9-13/h2-4,8-9,12,14,17H,5-7,10-11,16H2,1H3/t12-,14-/m1/s1. The van der Waals surface area contributed by atoms with Gasteiger partial charge in [-0.05, 0) is 30.9 Å². The largest absolute Gasteiger partial charge is 0.463 e. The number of aliphatic hydroxyl groups excluding tert-OH is 1. The lowest BCUT2D eigenvalue weighted by Gasteiger charge is -2.14. The normalized spacial score (nSPS) is 13.8. The van der Waals surface area contributed by atoms with E-state index in [0.717, 1.165) is 19.3 Å². The molecule has 0 spiro atoms. The Morgan fingerprint density at radius 1 is 1.32 bits per heavy atom. The summed E-state index contributed by atoms with van der Waals surface area (Å²) in [5.41, 5.74) is 5.98. The lowest BCUT2D eigenvalue weighted by Crippen LogP contribution is -2.19. The van der Waals surface area contributed by atoms with E-state index >= 15 is 0 Å². The van der Waals surface area contributed by atoms with Crippen LogP contribution in [0.25, 0.3) is 0 Å². The molecule has 3 N–H and O–H groups in total. The summed E-state index contributed by atoms with van der Waals surface area (Å²) in [5.74, 6) is -0.296. The van der Waals surface area contributed by atoms with E-state index in [-0.39, 0.29) is 0 Å². The lowest BCUT2D eigenvalue weighted by molar-refractivity contribution is -0.155. The molecule has 0 heterocycles. The number of carbonyl (C=O) groups excluding carboxylic acids is 1. The van der Waals surface area contributed by atoms with Crippen LogP contribution in [-0.4, -0.2) is 24.2 Å². The molecule has 0 aromatic heterocycles. The van der Waals surface area contributed by atoms with Crippen molar-refractivity contribution in [1.29, 1.82) is 0 Å². The molecule has 1 aromatic rings. The zero-order valence-electron chi connectivity index (χ0n) is 11.4. The van der Waals surface area contributed by atoms with Gasteiger partial charge in [0.25, 0.3) is 0 Å². The monoisotopic (exact) mass is 265 g/mol. The number of hydrogen-bond acceptors (Lipinski definition) is 4. The molecule has 0 amide bonds. The maximum absolute atomic E-state index is 11.7. The summed E-state index contributed by atoms with van der Waals surface area (Å²) in [5, 5.41) is 9.82. The Morgan fingerprint density at radius 2 is 2.00 bits per heavy atom. The van der Waals surface area contributed by atoms with Gasteiger partial charge in [0.2, 0.25) is 0 Å². The summed E-state index contributed by atoms with van der Waals surface area (Å²) in [6, 6.07) is 8.80. The van der Waals surface area contributed by atoms with Crippen molar-refractivity contribution in [2.24, 2.45) is 11.7 Å². The molecule has 1 aromatic carbocycles. The van der Waals surface area contributed by atoms with Gasteiger partial charge in [0.05, 0.1) is 6.61 Å². The third-order valence-corrected chi connectivity index (χ3v) is 3.00. The molecule has 4 nitrogen and oxygen atoms in total. The van der Waals surface area contributed by atoms with Crippen molar-refractivity contribution < 1.29 is 14.6 Å². The van der Waals surface area contributed by atoms with E-state index in [2.05, 4.69) is 0 Å². The molecule has 0 fully saturated rings. The Hall–Kier alpha value is -1.39. The second-order valence-electron chi connectivity index (χ2n) is 4.83. The van der Waals surface area contributed by atoms with Gasteiger partial charge in [-0.25, -0.2) is 4.79 Å². The first kappa shape index (κ1) is 15.7. The van der Waals surface area contributed by atoms with Gasteiger partial charge in [0.1, 0.15) is 0 Å². The van der Waals surface area contributed by atoms with Crippen LogP contribution in [0.1, 0.15) is 37.9 Å². The van der Waals surface area contributed by atoms with Gasteiger partial charge in [-0.15, -0.1) is 0 Å². The summed E-state index contributed by atoms with van der Waals surface area (Å²) in [6.45, 7) is 3.06. The number of unbranched alkanes of at least 4 members (excludes halogenated alkanes) is 1. The fourth-order valence-corrected chi connectivity index (χ4v) is 1.80. The molecule has 106 valence electrons. The van der Waals surface area contributed by atoms with Gasteiger partial charge in [0, 0.05) is 0 Å². The van der Waals surface area contributed by atoms with Gasteiger partial charge >= 0.3 is 5.97 Å². The quantitative estimate of drug-likeness (QED) is 0.557. The highest BCUT2D eigenvalue weighted by molar-refractivity contribution is 5.76. The van der Waals surface area contributed by atoms with E-state index in [9.17, 15) is 9.90 Å². The smallest absolute Gasteiger partial charge is 0.339 e. The highest BCUT2D eigenvalue weighted by Crippen LogP contribution is 2.15. The summed E-state index contributed by atoms with van der Waals surface area (Å²) >= 11 is 0. The van der Waals surface area contributed by atoms with Crippen molar-refractivity contribution >= 4 is 5.97 Å². The van der Waals surface area contributed by atoms with Crippen LogP contribution in [0.3, 0.4) is 0 Å². The minimum atomic E-state index is -1.20. The second-order valence-corrected chi connectivity index (χ2v) is 4.83. The topological polar surface area (TPSA) is 72.5 Å². The number of nitrogens with two attached hydrogens (primary N) is 1. The summed E-state index contributed by atoms with van der Waals surface area (Å²) < 4.78 is 5.13. The SMILES string of the molecule is C[C@H](CCCCN)COC(=O)[C@H](O)c1ccccc1. The fourth-order valence-electron chi connectivity index (χ4n) is 1.80. The van der Waals surface area contributed by atoms with Crippen LogP contribution in [0.2, 0.25) is 0 Å². The Labute approximate surface area is 114 Å². The Kier molecular flexibility index (Phi) is 7.15. The molecule has 0 aliphatic heterocycles. The molecular formula is C15H23NO3. The molecule has 19 heavy (non-hydrogen) atoms. The highest BCUT2D eigenvalue weighted by Gasteiger charge is 2.19. The second kappa shape index (κ2) is 8.67. The van der Waals surface area contributed by atoms with Gasteiger partial charge in [-0.2, -0.15) is 0 Å². The maximum Gasteiger partial charge on any atom is 0.339 e. The average molecular weight is 265 g/mol.